The highest BCUT2D eigenvalue weighted by Gasteiger charge is 2.30. The molecular formula is C35H34N. The molecule has 0 spiro atoms. The summed E-state index contributed by atoms with van der Waals surface area (Å²) >= 11 is 0. The molecule has 1 nitrogen and oxygen atoms in total. The van der Waals surface area contributed by atoms with Crippen molar-refractivity contribution in [2.75, 3.05) is 5.73 Å². The predicted octanol–water partition coefficient (Wildman–Crippen LogP) is 9.01. The summed E-state index contributed by atoms with van der Waals surface area (Å²) in [6.07, 6.45) is 9.56. The number of fused-ring (bicyclic) bond motifs is 5. The largest absolute Gasteiger partial charge is 0.398 e. The summed E-state index contributed by atoms with van der Waals surface area (Å²) in [5.41, 5.74) is 13.2. The molecule has 0 heterocycles. The molecule has 0 bridgehead atoms. The maximum Gasteiger partial charge on any atom is 0.0393 e. The third-order valence-corrected chi connectivity index (χ3v) is 8.20. The lowest BCUT2D eigenvalue weighted by atomic mass is 9.70. The maximum absolute atomic E-state index is 6.30. The van der Waals surface area contributed by atoms with Crippen LogP contribution in [0.2, 0.25) is 0 Å². The fourth-order valence-corrected chi connectivity index (χ4v) is 6.42. The molecule has 2 unspecified atom stereocenters. The number of unbranched alkanes of at least 4 members (excludes halogenated alkanes) is 1. The van der Waals surface area contributed by atoms with Crippen LogP contribution < -0.4 is 5.73 Å². The van der Waals surface area contributed by atoms with Crippen molar-refractivity contribution >= 4 is 27.2 Å². The average Bonchev–Trinajstić information content (AvgIpc) is 2.94. The van der Waals surface area contributed by atoms with Crippen molar-refractivity contribution in [3.63, 3.8) is 0 Å². The Morgan fingerprint density at radius 2 is 1.44 bits per heavy atom. The molecule has 1 aliphatic rings. The van der Waals surface area contributed by atoms with Gasteiger partial charge < -0.3 is 5.73 Å². The van der Waals surface area contributed by atoms with E-state index in [0.29, 0.717) is 11.8 Å². The predicted molar refractivity (Wildman–Crippen MR) is 154 cm³/mol. The van der Waals surface area contributed by atoms with Crippen LogP contribution in [-0.4, -0.2) is 0 Å². The van der Waals surface area contributed by atoms with E-state index in [4.69, 9.17) is 5.73 Å². The summed E-state index contributed by atoms with van der Waals surface area (Å²) < 4.78 is 0. The number of aryl methyl sites for hydroxylation is 2. The molecule has 179 valence electrons. The molecule has 0 amide bonds. The van der Waals surface area contributed by atoms with Gasteiger partial charge in [-0.3, -0.25) is 0 Å². The van der Waals surface area contributed by atoms with Crippen LogP contribution in [0, 0.1) is 6.42 Å². The van der Waals surface area contributed by atoms with Gasteiger partial charge in [0.2, 0.25) is 0 Å². The normalized spacial score (nSPS) is 16.2. The third-order valence-electron chi connectivity index (χ3n) is 8.20. The van der Waals surface area contributed by atoms with Crippen molar-refractivity contribution in [3.05, 3.63) is 132 Å². The number of rotatable bonds is 7. The van der Waals surface area contributed by atoms with E-state index in [1.807, 2.05) is 6.07 Å². The SMILES string of the molecule is Nc1cccc2c1ccc1c3c(ccc12)C(C(C[CH]CCc1ccccc1)c1ccccc1)CCC3. The van der Waals surface area contributed by atoms with Crippen molar-refractivity contribution in [1.82, 2.24) is 0 Å². The first kappa shape index (κ1) is 22.9. The van der Waals surface area contributed by atoms with Crippen LogP contribution in [-0.2, 0) is 12.8 Å². The molecule has 6 rings (SSSR count). The Hall–Kier alpha value is -3.58. The van der Waals surface area contributed by atoms with Gasteiger partial charge in [-0.2, -0.15) is 0 Å². The number of nitrogens with two attached hydrogens (primary N) is 1. The zero-order chi connectivity index (χ0) is 24.3. The van der Waals surface area contributed by atoms with Crippen molar-refractivity contribution in [2.24, 2.45) is 0 Å². The van der Waals surface area contributed by atoms with Gasteiger partial charge in [-0.15, -0.1) is 0 Å². The summed E-state index contributed by atoms with van der Waals surface area (Å²) in [5, 5.41) is 5.18. The first-order chi connectivity index (χ1) is 17.8. The molecule has 36 heavy (non-hydrogen) atoms. The highest BCUT2D eigenvalue weighted by molar-refractivity contribution is 6.12. The number of hydrogen-bond acceptors (Lipinski definition) is 1. The van der Waals surface area contributed by atoms with Gasteiger partial charge in [0.05, 0.1) is 0 Å². The van der Waals surface area contributed by atoms with E-state index in [-0.39, 0.29) is 0 Å². The van der Waals surface area contributed by atoms with Gasteiger partial charge in [0, 0.05) is 11.1 Å². The molecule has 0 saturated heterocycles. The van der Waals surface area contributed by atoms with E-state index in [9.17, 15) is 0 Å². The summed E-state index contributed by atoms with van der Waals surface area (Å²) in [6, 6.07) is 37.7. The summed E-state index contributed by atoms with van der Waals surface area (Å²) in [4.78, 5) is 0. The second-order valence-electron chi connectivity index (χ2n) is 10.3. The summed E-state index contributed by atoms with van der Waals surface area (Å²) in [5.74, 6) is 1.06. The van der Waals surface area contributed by atoms with Gasteiger partial charge in [-0.05, 0) is 101 Å². The average molecular weight is 469 g/mol. The van der Waals surface area contributed by atoms with E-state index in [2.05, 4.69) is 103 Å². The standard InChI is InChI=1S/C35H34N/c36-35-20-10-19-30-33-22-21-31-28(17-9-18-29(31)32(33)23-24-34(30)35)27(26-14-5-2-6-15-26)16-8-7-13-25-11-3-1-4-12-25/h1-6,8,10-12,14-15,19-24,27-28H,7,9,13,16-18,36H2. The maximum atomic E-state index is 6.30. The Bertz CT molecular complexity index is 1470. The molecule has 0 saturated carbocycles. The number of hydrogen-bond donors (Lipinski definition) is 1. The number of anilines is 1. The van der Waals surface area contributed by atoms with Gasteiger partial charge >= 0.3 is 0 Å². The van der Waals surface area contributed by atoms with Crippen LogP contribution in [0.25, 0.3) is 21.5 Å². The van der Waals surface area contributed by atoms with Gasteiger partial charge in [0.15, 0.2) is 0 Å². The van der Waals surface area contributed by atoms with E-state index in [0.717, 1.165) is 36.8 Å². The minimum atomic E-state index is 0.509. The fourth-order valence-electron chi connectivity index (χ4n) is 6.42. The third kappa shape index (κ3) is 4.39. The van der Waals surface area contributed by atoms with Crippen LogP contribution in [0.15, 0.2) is 103 Å². The lowest BCUT2D eigenvalue weighted by Crippen LogP contribution is -2.18. The summed E-state index contributed by atoms with van der Waals surface area (Å²) in [6.45, 7) is 0. The number of nitrogen functional groups attached to an aromatic ring is 1. The topological polar surface area (TPSA) is 26.0 Å². The monoisotopic (exact) mass is 468 g/mol. The van der Waals surface area contributed by atoms with Crippen molar-refractivity contribution in [3.8, 4) is 0 Å². The first-order valence-electron chi connectivity index (χ1n) is 13.4. The Morgan fingerprint density at radius 3 is 2.28 bits per heavy atom. The lowest BCUT2D eigenvalue weighted by molar-refractivity contribution is 0.458. The molecular weight excluding hydrogens is 434 g/mol. The minimum absolute atomic E-state index is 0.509. The van der Waals surface area contributed by atoms with Crippen LogP contribution in [0.1, 0.15) is 59.8 Å². The molecule has 5 aromatic carbocycles. The van der Waals surface area contributed by atoms with E-state index in [1.54, 1.807) is 11.1 Å². The first-order valence-corrected chi connectivity index (χ1v) is 13.4. The summed E-state index contributed by atoms with van der Waals surface area (Å²) in [7, 11) is 0. The zero-order valence-corrected chi connectivity index (χ0v) is 20.9. The van der Waals surface area contributed by atoms with Crippen LogP contribution in [0.3, 0.4) is 0 Å². The molecule has 1 radical (unpaired) electrons. The molecule has 5 aromatic rings. The lowest BCUT2D eigenvalue weighted by Gasteiger charge is -2.34. The Morgan fingerprint density at radius 1 is 0.722 bits per heavy atom. The van der Waals surface area contributed by atoms with Gasteiger partial charge in [-0.1, -0.05) is 97.1 Å². The van der Waals surface area contributed by atoms with Crippen molar-refractivity contribution in [1.29, 1.82) is 0 Å². The second-order valence-corrected chi connectivity index (χ2v) is 10.3. The van der Waals surface area contributed by atoms with Gasteiger partial charge in [0.25, 0.3) is 0 Å². The molecule has 2 N–H and O–H groups in total. The molecule has 1 aliphatic carbocycles. The van der Waals surface area contributed by atoms with Crippen molar-refractivity contribution in [2.45, 2.75) is 50.4 Å². The molecule has 0 aliphatic heterocycles. The Balaban J connectivity index is 1.33. The van der Waals surface area contributed by atoms with Crippen molar-refractivity contribution < 1.29 is 0 Å². The van der Waals surface area contributed by atoms with Crippen LogP contribution >= 0.6 is 0 Å². The van der Waals surface area contributed by atoms with E-state index < -0.39 is 0 Å². The van der Waals surface area contributed by atoms with Crippen LogP contribution in [0.4, 0.5) is 5.69 Å². The fraction of sp³-hybridized carbons (Fsp3) is 0.229. The smallest absolute Gasteiger partial charge is 0.0393 e. The zero-order valence-electron chi connectivity index (χ0n) is 20.9. The Labute approximate surface area is 215 Å². The van der Waals surface area contributed by atoms with Gasteiger partial charge in [-0.25, -0.2) is 0 Å². The van der Waals surface area contributed by atoms with Crippen LogP contribution in [0.5, 0.6) is 0 Å². The highest BCUT2D eigenvalue weighted by atomic mass is 14.5. The van der Waals surface area contributed by atoms with E-state index in [1.165, 1.54) is 40.1 Å². The molecule has 0 aromatic heterocycles. The van der Waals surface area contributed by atoms with E-state index >= 15 is 0 Å². The Kier molecular flexibility index (Phi) is 6.47. The quantitative estimate of drug-likeness (QED) is 0.144. The molecule has 2 atom stereocenters. The number of benzene rings is 5. The molecule has 0 fully saturated rings. The van der Waals surface area contributed by atoms with Gasteiger partial charge in [0.1, 0.15) is 0 Å². The second kappa shape index (κ2) is 10.2. The molecule has 1 heteroatoms. The highest BCUT2D eigenvalue weighted by Crippen LogP contribution is 2.46. The minimum Gasteiger partial charge on any atom is -0.398 e.